The smallest absolute Gasteiger partial charge is 0.371 e. The molecule has 4 aromatic rings. The summed E-state index contributed by atoms with van der Waals surface area (Å²) in [6.45, 7) is 6.44. The van der Waals surface area contributed by atoms with Crippen molar-refractivity contribution < 1.29 is 31.2 Å². The molecular formula is C38H45F3N12O4S. The molecule has 58 heavy (non-hydrogen) atoms. The van der Waals surface area contributed by atoms with E-state index in [0.29, 0.717) is 35.3 Å². The zero-order valence-corrected chi connectivity index (χ0v) is 32.9. The lowest BCUT2D eigenvalue weighted by Crippen LogP contribution is -2.53. The number of nitrogens with one attached hydrogen (secondary N) is 3. The van der Waals surface area contributed by atoms with Gasteiger partial charge in [0.05, 0.1) is 17.6 Å². The van der Waals surface area contributed by atoms with Crippen LogP contribution in [0.3, 0.4) is 0 Å². The number of aromatic nitrogens is 4. The molecule has 0 aliphatic carbocycles. The standard InChI is InChI=1S/C38H45F3N12O4S/c1-49(58(2,56)57)31-5-3-4-26(22-31)23-42-35-32(38(39,40)41)24-43-36(46-35)44-27-6-9-29(10-7-27)51-15-12-30(13-16-51)52-20-18-50(19-21-52)25-28-8-11-33(48-47-28)53-17-14-34(54)45-37(53)55/h3-11,22,24,30H,12-21,23,25H2,1-2H3,(H,45,54,55)(H2,42,43,44,46). The molecule has 308 valence electrons. The van der Waals surface area contributed by atoms with Gasteiger partial charge in [-0.1, -0.05) is 12.1 Å². The van der Waals surface area contributed by atoms with Gasteiger partial charge in [-0.25, -0.2) is 18.2 Å². The van der Waals surface area contributed by atoms with Crippen molar-refractivity contribution in [3.8, 4) is 0 Å². The number of amides is 3. The summed E-state index contributed by atoms with van der Waals surface area (Å²) in [5.74, 6) is -0.281. The second-order valence-corrected chi connectivity index (χ2v) is 16.6. The van der Waals surface area contributed by atoms with Gasteiger partial charge < -0.3 is 15.5 Å². The van der Waals surface area contributed by atoms with Gasteiger partial charge in [0, 0.05) is 96.0 Å². The summed E-state index contributed by atoms with van der Waals surface area (Å²) >= 11 is 0. The van der Waals surface area contributed by atoms with E-state index >= 15 is 0 Å². The Morgan fingerprint density at radius 3 is 2.33 bits per heavy atom. The van der Waals surface area contributed by atoms with Gasteiger partial charge in [0.25, 0.3) is 0 Å². The Balaban J connectivity index is 0.882. The molecule has 5 heterocycles. The van der Waals surface area contributed by atoms with Crippen LogP contribution in [-0.4, -0.2) is 115 Å². The maximum Gasteiger partial charge on any atom is 0.421 e. The largest absolute Gasteiger partial charge is 0.421 e. The number of urea groups is 1. The van der Waals surface area contributed by atoms with Crippen molar-refractivity contribution in [2.24, 2.45) is 0 Å². The lowest BCUT2D eigenvalue weighted by molar-refractivity contribution is -0.137. The Morgan fingerprint density at radius 2 is 1.67 bits per heavy atom. The molecule has 7 rings (SSSR count). The van der Waals surface area contributed by atoms with Gasteiger partial charge >= 0.3 is 12.2 Å². The quantitative estimate of drug-likeness (QED) is 0.185. The molecule has 3 aliphatic heterocycles. The van der Waals surface area contributed by atoms with Gasteiger partial charge in [0.2, 0.25) is 21.9 Å². The number of hydrogen-bond acceptors (Lipinski definition) is 13. The highest BCUT2D eigenvalue weighted by atomic mass is 32.2. The fraction of sp³-hybridized carbons (Fsp3) is 0.421. The number of carbonyl (C=O) groups is 2. The third kappa shape index (κ3) is 9.91. The number of sulfonamides is 1. The number of piperazine rings is 1. The van der Waals surface area contributed by atoms with E-state index in [-0.39, 0.29) is 31.4 Å². The van der Waals surface area contributed by atoms with Gasteiger partial charge in [-0.05, 0) is 66.9 Å². The number of hydrogen-bond donors (Lipinski definition) is 3. The molecule has 3 N–H and O–H groups in total. The van der Waals surface area contributed by atoms with Crippen LogP contribution in [0.2, 0.25) is 0 Å². The van der Waals surface area contributed by atoms with Crippen LogP contribution < -0.4 is 30.1 Å². The average Bonchev–Trinajstić information content (AvgIpc) is 3.20. The lowest BCUT2D eigenvalue weighted by Gasteiger charge is -2.43. The Labute approximate surface area is 334 Å². The molecule has 16 nitrogen and oxygen atoms in total. The van der Waals surface area contributed by atoms with E-state index in [1.807, 2.05) is 30.3 Å². The molecule has 0 radical (unpaired) electrons. The first-order valence-electron chi connectivity index (χ1n) is 18.9. The Bertz CT molecular complexity index is 2200. The fourth-order valence-electron chi connectivity index (χ4n) is 7.28. The second kappa shape index (κ2) is 17.1. The summed E-state index contributed by atoms with van der Waals surface area (Å²) in [7, 11) is -2.11. The number of benzene rings is 2. The zero-order valence-electron chi connectivity index (χ0n) is 32.1. The number of nitrogens with zero attached hydrogens (tertiary/aromatic N) is 9. The van der Waals surface area contributed by atoms with Crippen molar-refractivity contribution in [3.05, 3.63) is 83.7 Å². The van der Waals surface area contributed by atoms with Crippen LogP contribution in [-0.2, 0) is 34.1 Å². The number of anilines is 6. The van der Waals surface area contributed by atoms with Crippen molar-refractivity contribution in [2.45, 2.75) is 44.6 Å². The predicted octanol–water partition coefficient (Wildman–Crippen LogP) is 4.27. The first kappa shape index (κ1) is 40.6. The number of imide groups is 1. The van der Waals surface area contributed by atoms with Crippen molar-refractivity contribution in [2.75, 3.05) is 83.9 Å². The minimum Gasteiger partial charge on any atom is -0.371 e. The molecule has 3 amide bonds. The highest BCUT2D eigenvalue weighted by molar-refractivity contribution is 7.92. The van der Waals surface area contributed by atoms with Crippen LogP contribution in [0.4, 0.5) is 52.6 Å². The lowest BCUT2D eigenvalue weighted by atomic mass is 10.0. The monoisotopic (exact) mass is 822 g/mol. The molecule has 0 bridgehead atoms. The molecule has 0 atom stereocenters. The normalized spacial score (nSPS) is 17.6. The van der Waals surface area contributed by atoms with E-state index in [2.05, 4.69) is 50.8 Å². The molecule has 0 spiro atoms. The maximum absolute atomic E-state index is 13.9. The summed E-state index contributed by atoms with van der Waals surface area (Å²) < 4.78 is 66.7. The summed E-state index contributed by atoms with van der Waals surface area (Å²) in [6.07, 6.45) is -0.613. The predicted molar refractivity (Wildman–Crippen MR) is 213 cm³/mol. The minimum absolute atomic E-state index is 0.0106. The number of halogens is 3. The summed E-state index contributed by atoms with van der Waals surface area (Å²) in [5.41, 5.74) is 2.42. The second-order valence-electron chi connectivity index (χ2n) is 14.5. The van der Waals surface area contributed by atoms with Crippen LogP contribution in [0.15, 0.2) is 66.9 Å². The third-order valence-corrected chi connectivity index (χ3v) is 11.8. The first-order valence-corrected chi connectivity index (χ1v) is 20.8. The number of alkyl halides is 3. The Morgan fingerprint density at radius 1 is 0.931 bits per heavy atom. The zero-order chi connectivity index (χ0) is 41.0. The number of piperidine rings is 1. The van der Waals surface area contributed by atoms with E-state index in [9.17, 15) is 31.2 Å². The van der Waals surface area contributed by atoms with Crippen LogP contribution in [0.1, 0.15) is 36.1 Å². The SMILES string of the molecule is CN(c1cccc(CNc2nc(Nc3ccc(N4CCC(N5CCN(Cc6ccc(N7CCC(=O)NC7=O)nn6)CC5)CC4)cc3)ncc2C(F)(F)F)c1)S(C)(=O)=O. The minimum atomic E-state index is -4.70. The van der Waals surface area contributed by atoms with Gasteiger partial charge in [0.1, 0.15) is 11.4 Å². The summed E-state index contributed by atoms with van der Waals surface area (Å²) in [5, 5.41) is 16.6. The Hall–Kier alpha value is -5.60. The molecule has 20 heteroatoms. The molecule has 3 fully saturated rings. The van der Waals surface area contributed by atoms with Crippen molar-refractivity contribution in [3.63, 3.8) is 0 Å². The van der Waals surface area contributed by atoms with E-state index in [1.54, 1.807) is 30.3 Å². The molecule has 0 saturated carbocycles. The van der Waals surface area contributed by atoms with Gasteiger partial charge in [-0.3, -0.25) is 29.1 Å². The molecular weight excluding hydrogens is 778 g/mol. The number of rotatable bonds is 12. The van der Waals surface area contributed by atoms with Crippen molar-refractivity contribution in [1.82, 2.24) is 35.3 Å². The molecule has 3 aliphatic rings. The van der Waals surface area contributed by atoms with Crippen molar-refractivity contribution in [1.29, 1.82) is 0 Å². The summed E-state index contributed by atoms with van der Waals surface area (Å²) in [6, 6.07) is 17.8. The Kier molecular flexibility index (Phi) is 12.0. The van der Waals surface area contributed by atoms with E-state index in [4.69, 9.17) is 0 Å². The first-order chi connectivity index (χ1) is 27.7. The average molecular weight is 823 g/mol. The van der Waals surface area contributed by atoms with E-state index in [1.165, 1.54) is 11.9 Å². The van der Waals surface area contributed by atoms with E-state index < -0.39 is 33.6 Å². The van der Waals surface area contributed by atoms with Gasteiger partial charge in [-0.2, -0.15) is 23.3 Å². The highest BCUT2D eigenvalue weighted by Gasteiger charge is 2.35. The van der Waals surface area contributed by atoms with Crippen LogP contribution in [0.5, 0.6) is 0 Å². The molecule has 0 unspecified atom stereocenters. The van der Waals surface area contributed by atoms with Crippen molar-refractivity contribution >= 4 is 56.6 Å². The van der Waals surface area contributed by atoms with E-state index in [0.717, 1.165) is 80.2 Å². The molecule has 2 aromatic carbocycles. The molecule has 3 saturated heterocycles. The highest BCUT2D eigenvalue weighted by Crippen LogP contribution is 2.35. The third-order valence-electron chi connectivity index (χ3n) is 10.6. The van der Waals surface area contributed by atoms with Crippen LogP contribution >= 0.6 is 0 Å². The van der Waals surface area contributed by atoms with Gasteiger partial charge in [0.15, 0.2) is 5.82 Å². The maximum atomic E-state index is 13.9. The van der Waals surface area contributed by atoms with Crippen LogP contribution in [0, 0.1) is 0 Å². The summed E-state index contributed by atoms with van der Waals surface area (Å²) in [4.78, 5) is 40.3. The molecule has 2 aromatic heterocycles. The number of carbonyl (C=O) groups excluding carboxylic acids is 2. The van der Waals surface area contributed by atoms with Gasteiger partial charge in [-0.15, -0.1) is 5.10 Å². The topological polar surface area (TPSA) is 172 Å². The fourth-order valence-corrected chi connectivity index (χ4v) is 7.77. The van der Waals surface area contributed by atoms with Crippen LogP contribution in [0.25, 0.3) is 0 Å².